The smallest absolute Gasteiger partial charge is 0.271 e. The molecule has 0 saturated heterocycles. The van der Waals surface area contributed by atoms with E-state index in [0.29, 0.717) is 17.5 Å². The van der Waals surface area contributed by atoms with Crippen molar-refractivity contribution in [2.45, 2.75) is 97.4 Å². The number of aromatic nitrogens is 1. The summed E-state index contributed by atoms with van der Waals surface area (Å²) in [5.41, 5.74) is -0.00547. The predicted molar refractivity (Wildman–Crippen MR) is 177 cm³/mol. The van der Waals surface area contributed by atoms with Crippen molar-refractivity contribution in [2.24, 2.45) is 22.1 Å². The molecular weight excluding hydrogens is 594 g/mol. The van der Waals surface area contributed by atoms with Crippen LogP contribution in [0.25, 0.3) is 0 Å². The summed E-state index contributed by atoms with van der Waals surface area (Å²) in [5.74, 6) is 0.700. The van der Waals surface area contributed by atoms with E-state index in [9.17, 15) is 15.2 Å². The molecule has 0 bridgehead atoms. The third-order valence-electron chi connectivity index (χ3n) is 7.84. The summed E-state index contributed by atoms with van der Waals surface area (Å²) in [6.07, 6.45) is 9.34. The third-order valence-corrected chi connectivity index (χ3v) is 8.44. The second-order valence-electron chi connectivity index (χ2n) is 11.2. The van der Waals surface area contributed by atoms with Gasteiger partial charge in [-0.3, -0.25) is 9.36 Å². The van der Waals surface area contributed by atoms with Crippen LogP contribution in [0, 0.1) is 30.1 Å². The fourth-order valence-corrected chi connectivity index (χ4v) is 5.35. The molecule has 1 aromatic heterocycles. The molecule has 11 nitrogen and oxygen atoms in total. The van der Waals surface area contributed by atoms with E-state index in [4.69, 9.17) is 19.2 Å². The highest BCUT2D eigenvalue weighted by Gasteiger charge is 2.20. The number of nitrogens with zero attached hydrogens (tertiary/aromatic N) is 5. The molecule has 2 N–H and O–H groups in total. The molecule has 0 spiro atoms. The number of aliphatic hydroxyl groups is 1. The number of nitriles is 1. The van der Waals surface area contributed by atoms with Gasteiger partial charge < -0.3 is 14.9 Å². The van der Waals surface area contributed by atoms with E-state index >= 15 is 0 Å². The maximum absolute atomic E-state index is 12.7. The minimum Gasteiger partial charge on any atom is -0.493 e. The fourth-order valence-electron chi connectivity index (χ4n) is 4.91. The number of aliphatic hydroxyl groups excluding tert-OH is 1. The van der Waals surface area contributed by atoms with Crippen molar-refractivity contribution in [1.29, 1.82) is 5.26 Å². The van der Waals surface area contributed by atoms with Gasteiger partial charge in [0.2, 0.25) is 5.88 Å². The Hall–Kier alpha value is -2.79. The Morgan fingerprint density at radius 1 is 1.00 bits per heavy atom. The van der Waals surface area contributed by atoms with E-state index in [1.54, 1.807) is 19.1 Å². The minimum atomic E-state index is -0.640. The van der Waals surface area contributed by atoms with E-state index < -0.39 is 11.4 Å². The molecule has 0 aliphatic heterocycles. The largest absolute Gasteiger partial charge is 0.493 e. The molecule has 0 saturated carbocycles. The Morgan fingerprint density at radius 3 is 2.16 bits per heavy atom. The van der Waals surface area contributed by atoms with Crippen molar-refractivity contribution >= 4 is 23.4 Å². The van der Waals surface area contributed by atoms with Gasteiger partial charge in [0.15, 0.2) is 5.69 Å². The molecule has 0 amide bonds. The lowest BCUT2D eigenvalue weighted by Gasteiger charge is -2.28. The number of hydrogen-bond donors (Lipinski definition) is 2. The molecule has 2 atom stereocenters. The van der Waals surface area contributed by atoms with Crippen molar-refractivity contribution in [3.8, 4) is 11.9 Å². The number of azo groups is 1. The zero-order chi connectivity index (χ0) is 33.0. The van der Waals surface area contributed by atoms with Crippen LogP contribution in [0.15, 0.2) is 44.2 Å². The predicted octanol–water partition coefficient (Wildman–Crippen LogP) is 7.76. The molecule has 0 radical (unpaired) electrons. The maximum atomic E-state index is 12.7. The molecule has 12 heteroatoms. The maximum Gasteiger partial charge on any atom is 0.271 e. The summed E-state index contributed by atoms with van der Waals surface area (Å²) >= 11 is 1.12. The van der Waals surface area contributed by atoms with Gasteiger partial charge in [-0.05, 0) is 55.9 Å². The van der Waals surface area contributed by atoms with Crippen LogP contribution >= 0.6 is 12.0 Å². The zero-order valence-electron chi connectivity index (χ0n) is 27.5. The topological polar surface area (TPSA) is 142 Å². The molecule has 45 heavy (non-hydrogen) atoms. The Kier molecular flexibility index (Phi) is 18.6. The molecule has 2 aromatic rings. The Labute approximate surface area is 272 Å². The summed E-state index contributed by atoms with van der Waals surface area (Å²) in [6, 6.07) is 9.04. The normalized spacial score (nSPS) is 13.0. The first-order valence-electron chi connectivity index (χ1n) is 16.2. The van der Waals surface area contributed by atoms with Gasteiger partial charge in [-0.2, -0.15) is 15.4 Å². The first-order chi connectivity index (χ1) is 21.8. The summed E-state index contributed by atoms with van der Waals surface area (Å²) in [5, 5.41) is 39.6. The van der Waals surface area contributed by atoms with E-state index in [2.05, 4.69) is 37.9 Å². The number of rotatable bonds is 23. The molecule has 0 fully saturated rings. The first-order valence-corrected chi connectivity index (χ1v) is 16.9. The number of aromatic hydroxyl groups is 1. The number of pyridine rings is 1. The monoisotopic (exact) mass is 645 g/mol. The SMILES string of the molecule is CCCCC(CC)CN(CC(CC)CCCC)OOSc1ccc(N=Nc2c(C)c(C#N)c(=O)n(CCOCCO)c2O)cc1. The highest BCUT2D eigenvalue weighted by atomic mass is 32.2. The fraction of sp³-hybridized carbons (Fsp3) is 0.636. The average molecular weight is 646 g/mol. The van der Waals surface area contributed by atoms with Gasteiger partial charge >= 0.3 is 0 Å². The highest BCUT2D eigenvalue weighted by Crippen LogP contribution is 2.33. The third kappa shape index (κ3) is 12.9. The van der Waals surface area contributed by atoms with Crippen LogP contribution in [0.2, 0.25) is 0 Å². The van der Waals surface area contributed by atoms with Crippen molar-refractivity contribution in [2.75, 3.05) is 32.9 Å². The highest BCUT2D eigenvalue weighted by molar-refractivity contribution is 7.94. The van der Waals surface area contributed by atoms with Crippen LogP contribution in [0.3, 0.4) is 0 Å². The van der Waals surface area contributed by atoms with Crippen molar-refractivity contribution in [3.63, 3.8) is 0 Å². The van der Waals surface area contributed by atoms with Gasteiger partial charge in [-0.15, -0.1) is 14.4 Å². The standard InChI is InChI=1S/C33H51N5O6S/c1-6-10-12-26(8-3)23-37(24-27(9-4)13-11-7-2)43-44-45-29-16-14-28(15-17-29)35-36-31-25(5)30(22-34)32(40)38(33(31)41)18-20-42-21-19-39/h14-17,26-27,39,41H,6-13,18-21,23-24H2,1-5H3. The molecule has 1 heterocycles. The van der Waals surface area contributed by atoms with Crippen LogP contribution in [-0.4, -0.2) is 52.8 Å². The molecule has 2 unspecified atom stereocenters. The number of unbranched alkanes of at least 4 members (excludes halogenated alkanes) is 2. The van der Waals surface area contributed by atoms with Gasteiger partial charge in [-0.1, -0.05) is 66.2 Å². The van der Waals surface area contributed by atoms with Crippen LogP contribution in [0.1, 0.15) is 90.2 Å². The summed E-state index contributed by atoms with van der Waals surface area (Å²) in [4.78, 5) is 19.4. The van der Waals surface area contributed by atoms with E-state index in [-0.39, 0.29) is 43.2 Å². The van der Waals surface area contributed by atoms with Crippen LogP contribution in [0.5, 0.6) is 5.88 Å². The van der Waals surface area contributed by atoms with Crippen LogP contribution in [-0.2, 0) is 20.6 Å². The Balaban J connectivity index is 2.10. The van der Waals surface area contributed by atoms with Gasteiger partial charge in [-0.25, -0.2) is 0 Å². The lowest BCUT2D eigenvalue weighted by molar-refractivity contribution is -0.366. The minimum absolute atomic E-state index is 0.0107. The van der Waals surface area contributed by atoms with E-state index in [0.717, 1.165) is 47.4 Å². The number of hydrogen-bond acceptors (Lipinski definition) is 11. The van der Waals surface area contributed by atoms with Crippen LogP contribution < -0.4 is 5.56 Å². The Bertz CT molecular complexity index is 1250. The zero-order valence-corrected chi connectivity index (χ0v) is 28.4. The molecule has 1 aromatic carbocycles. The van der Waals surface area contributed by atoms with Gasteiger partial charge in [0.25, 0.3) is 5.56 Å². The second kappa shape index (κ2) is 21.9. The number of hydroxylamine groups is 2. The molecule has 2 rings (SSSR count). The first kappa shape index (κ1) is 38.4. The van der Waals surface area contributed by atoms with Gasteiger partial charge in [0.1, 0.15) is 11.6 Å². The van der Waals surface area contributed by atoms with Crippen molar-refractivity contribution in [3.05, 3.63) is 45.7 Å². The summed E-state index contributed by atoms with van der Waals surface area (Å²) in [7, 11) is 0. The summed E-state index contributed by atoms with van der Waals surface area (Å²) in [6.45, 7) is 12.1. The lowest BCUT2D eigenvalue weighted by atomic mass is 9.97. The van der Waals surface area contributed by atoms with Crippen molar-refractivity contribution in [1.82, 2.24) is 9.63 Å². The summed E-state index contributed by atoms with van der Waals surface area (Å²) < 4.78 is 11.9. The van der Waals surface area contributed by atoms with E-state index in [1.165, 1.54) is 38.5 Å². The molecule has 0 aliphatic rings. The quantitative estimate of drug-likeness (QED) is 0.0407. The lowest BCUT2D eigenvalue weighted by Crippen LogP contribution is -2.33. The van der Waals surface area contributed by atoms with Gasteiger partial charge in [0, 0.05) is 23.5 Å². The molecule has 250 valence electrons. The molecule has 0 aliphatic carbocycles. The molecular formula is C33H51N5O6S. The average Bonchev–Trinajstić information content (AvgIpc) is 3.05. The van der Waals surface area contributed by atoms with E-state index in [1.807, 2.05) is 23.3 Å². The number of benzene rings is 1. The number of ether oxygens (including phenoxy) is 1. The second-order valence-corrected chi connectivity index (χ2v) is 12.0. The van der Waals surface area contributed by atoms with Gasteiger partial charge in [0.05, 0.1) is 44.1 Å². The Morgan fingerprint density at radius 2 is 1.62 bits per heavy atom. The van der Waals surface area contributed by atoms with Crippen molar-refractivity contribution < 1.29 is 24.3 Å². The van der Waals surface area contributed by atoms with Crippen LogP contribution in [0.4, 0.5) is 11.4 Å².